The Morgan fingerprint density at radius 1 is 1.00 bits per heavy atom. The molecule has 2 N–H and O–H groups in total. The van der Waals surface area contributed by atoms with E-state index in [1.165, 1.54) is 5.56 Å². The molecule has 0 aliphatic carbocycles. The zero-order valence-corrected chi connectivity index (χ0v) is 16.9. The average molecular weight is 380 g/mol. The number of para-hydroxylation sites is 1. The molecule has 0 aliphatic rings. The predicted molar refractivity (Wildman–Crippen MR) is 115 cm³/mol. The van der Waals surface area contributed by atoms with E-state index in [0.717, 1.165) is 54.3 Å². The first-order valence-electron chi connectivity index (χ1n) is 9.65. The fraction of sp³-hybridized carbons (Fsp3) is 0.364. The molecule has 3 rings (SSSR count). The van der Waals surface area contributed by atoms with E-state index in [2.05, 4.69) is 40.8 Å². The summed E-state index contributed by atoms with van der Waals surface area (Å²) in [5, 5.41) is 7.71. The van der Waals surface area contributed by atoms with Gasteiger partial charge in [-0.25, -0.2) is 9.97 Å². The molecule has 6 nitrogen and oxygen atoms in total. The number of benzene rings is 2. The van der Waals surface area contributed by atoms with Crippen molar-refractivity contribution in [1.82, 2.24) is 20.2 Å². The topological polar surface area (TPSA) is 62.3 Å². The predicted octanol–water partition coefficient (Wildman–Crippen LogP) is 3.29. The molecule has 28 heavy (non-hydrogen) atoms. The molecule has 148 valence electrons. The van der Waals surface area contributed by atoms with Gasteiger partial charge in [-0.05, 0) is 56.9 Å². The van der Waals surface area contributed by atoms with Crippen LogP contribution in [-0.2, 0) is 13.1 Å². The number of nitrogens with one attached hydrogen (secondary N) is 2. The Balaban J connectivity index is 1.74. The lowest BCUT2D eigenvalue weighted by Gasteiger charge is -2.17. The van der Waals surface area contributed by atoms with Gasteiger partial charge in [0.2, 0.25) is 0 Å². The van der Waals surface area contributed by atoms with E-state index in [1.807, 2.05) is 37.4 Å². The minimum atomic E-state index is 0.674. The zero-order valence-electron chi connectivity index (χ0n) is 16.9. The second-order valence-electron chi connectivity index (χ2n) is 6.91. The number of hydrogen-bond donors (Lipinski definition) is 2. The highest BCUT2D eigenvalue weighted by Gasteiger charge is 2.10. The van der Waals surface area contributed by atoms with Crippen molar-refractivity contribution in [2.24, 2.45) is 0 Å². The minimum absolute atomic E-state index is 0.674. The Hall–Kier alpha value is -2.70. The first kappa shape index (κ1) is 20.0. The van der Waals surface area contributed by atoms with Gasteiger partial charge in [-0.2, -0.15) is 0 Å². The molecule has 0 radical (unpaired) electrons. The Morgan fingerprint density at radius 3 is 2.68 bits per heavy atom. The van der Waals surface area contributed by atoms with Crippen LogP contribution in [0.25, 0.3) is 10.9 Å². The second-order valence-corrected chi connectivity index (χ2v) is 6.91. The smallest absolute Gasteiger partial charge is 0.145 e. The van der Waals surface area contributed by atoms with E-state index in [4.69, 9.17) is 14.7 Å². The van der Waals surface area contributed by atoms with Crippen LogP contribution in [-0.4, -0.2) is 49.2 Å². The van der Waals surface area contributed by atoms with Crippen molar-refractivity contribution in [3.05, 3.63) is 59.9 Å². The summed E-state index contributed by atoms with van der Waals surface area (Å²) in [5.41, 5.74) is 2.17. The molecule has 1 heterocycles. The van der Waals surface area contributed by atoms with Crippen LogP contribution in [0, 0.1) is 0 Å². The number of aromatic nitrogens is 2. The van der Waals surface area contributed by atoms with Gasteiger partial charge in [0, 0.05) is 18.5 Å². The molecular formula is C22H29N5O. The van der Waals surface area contributed by atoms with E-state index in [9.17, 15) is 0 Å². The number of ether oxygens (including phenoxy) is 1. The number of nitrogens with zero attached hydrogens (tertiary/aromatic N) is 3. The van der Waals surface area contributed by atoms with Crippen molar-refractivity contribution in [1.29, 1.82) is 0 Å². The number of fused-ring (bicyclic) bond motifs is 1. The summed E-state index contributed by atoms with van der Waals surface area (Å²) < 4.78 is 5.32. The SMILES string of the molecule is CNCCCNc1nc(CN(C)Cc2cccc(OC)c2)nc2ccccc12. The zero-order chi connectivity index (χ0) is 19.8. The molecule has 1 aromatic heterocycles. The van der Waals surface area contributed by atoms with Crippen LogP contribution in [0.2, 0.25) is 0 Å². The van der Waals surface area contributed by atoms with Crippen LogP contribution in [0.1, 0.15) is 17.8 Å². The van der Waals surface area contributed by atoms with Crippen LogP contribution >= 0.6 is 0 Å². The molecular weight excluding hydrogens is 350 g/mol. The monoisotopic (exact) mass is 379 g/mol. The molecule has 0 saturated heterocycles. The highest BCUT2D eigenvalue weighted by Crippen LogP contribution is 2.21. The fourth-order valence-corrected chi connectivity index (χ4v) is 3.18. The summed E-state index contributed by atoms with van der Waals surface area (Å²) in [4.78, 5) is 11.8. The van der Waals surface area contributed by atoms with Gasteiger partial charge < -0.3 is 15.4 Å². The molecule has 6 heteroatoms. The molecule has 0 bridgehead atoms. The molecule has 0 fully saturated rings. The van der Waals surface area contributed by atoms with Gasteiger partial charge in [0.1, 0.15) is 17.4 Å². The van der Waals surface area contributed by atoms with Gasteiger partial charge in [-0.3, -0.25) is 4.90 Å². The Morgan fingerprint density at radius 2 is 1.86 bits per heavy atom. The lowest BCUT2D eigenvalue weighted by atomic mass is 10.2. The standard InChI is InChI=1S/C22H29N5O/c1-23-12-7-13-24-22-19-10-4-5-11-20(19)25-21(26-22)16-27(2)15-17-8-6-9-18(14-17)28-3/h4-6,8-11,14,23H,7,12-13,15-16H2,1-3H3,(H,24,25,26). The molecule has 3 aromatic rings. The van der Waals surface area contributed by atoms with Crippen LogP contribution in [0.3, 0.4) is 0 Å². The summed E-state index contributed by atoms with van der Waals surface area (Å²) in [7, 11) is 5.74. The van der Waals surface area contributed by atoms with Crippen LogP contribution < -0.4 is 15.4 Å². The summed E-state index contributed by atoms with van der Waals surface area (Å²) in [5.74, 6) is 2.60. The number of anilines is 1. The van der Waals surface area contributed by atoms with Gasteiger partial charge in [0.05, 0.1) is 19.2 Å². The number of hydrogen-bond acceptors (Lipinski definition) is 6. The molecule has 0 unspecified atom stereocenters. The van der Waals surface area contributed by atoms with Gasteiger partial charge in [0.25, 0.3) is 0 Å². The van der Waals surface area contributed by atoms with Crippen LogP contribution in [0.4, 0.5) is 5.82 Å². The third-order valence-corrected chi connectivity index (χ3v) is 4.54. The Kier molecular flexibility index (Phi) is 7.17. The normalized spacial score (nSPS) is 11.1. The van der Waals surface area contributed by atoms with Crippen molar-refractivity contribution >= 4 is 16.7 Å². The van der Waals surface area contributed by atoms with E-state index in [-0.39, 0.29) is 0 Å². The van der Waals surface area contributed by atoms with E-state index >= 15 is 0 Å². The quantitative estimate of drug-likeness (QED) is 0.527. The highest BCUT2D eigenvalue weighted by atomic mass is 16.5. The lowest BCUT2D eigenvalue weighted by molar-refractivity contribution is 0.310. The maximum absolute atomic E-state index is 5.32. The summed E-state index contributed by atoms with van der Waals surface area (Å²) in [6.07, 6.45) is 1.04. The average Bonchev–Trinajstić information content (AvgIpc) is 2.71. The summed E-state index contributed by atoms with van der Waals surface area (Å²) in [6, 6.07) is 16.3. The van der Waals surface area contributed by atoms with Gasteiger partial charge in [-0.15, -0.1) is 0 Å². The van der Waals surface area contributed by atoms with Gasteiger partial charge >= 0.3 is 0 Å². The number of rotatable bonds is 10. The molecule has 0 aliphatic heterocycles. The maximum Gasteiger partial charge on any atom is 0.145 e. The molecule has 2 aromatic carbocycles. The Labute approximate surface area is 167 Å². The van der Waals surface area contributed by atoms with Crippen molar-refractivity contribution in [3.8, 4) is 5.75 Å². The van der Waals surface area contributed by atoms with Crippen LogP contribution in [0.15, 0.2) is 48.5 Å². The fourth-order valence-electron chi connectivity index (χ4n) is 3.18. The van der Waals surface area contributed by atoms with Crippen molar-refractivity contribution < 1.29 is 4.74 Å². The number of methoxy groups -OCH3 is 1. The van der Waals surface area contributed by atoms with E-state index in [1.54, 1.807) is 7.11 Å². The highest BCUT2D eigenvalue weighted by molar-refractivity contribution is 5.88. The van der Waals surface area contributed by atoms with Gasteiger partial charge in [0.15, 0.2) is 0 Å². The maximum atomic E-state index is 5.32. The largest absolute Gasteiger partial charge is 0.497 e. The summed E-state index contributed by atoms with van der Waals surface area (Å²) >= 11 is 0. The molecule has 0 spiro atoms. The third kappa shape index (κ3) is 5.41. The lowest BCUT2D eigenvalue weighted by Crippen LogP contribution is -2.20. The minimum Gasteiger partial charge on any atom is -0.497 e. The molecule has 0 atom stereocenters. The second kappa shape index (κ2) is 10.0. The van der Waals surface area contributed by atoms with Gasteiger partial charge in [-0.1, -0.05) is 24.3 Å². The first-order chi connectivity index (χ1) is 13.7. The van der Waals surface area contributed by atoms with E-state index < -0.39 is 0 Å². The molecule has 0 saturated carbocycles. The molecule has 0 amide bonds. The van der Waals surface area contributed by atoms with Crippen molar-refractivity contribution in [2.75, 3.05) is 39.6 Å². The van der Waals surface area contributed by atoms with Crippen molar-refractivity contribution in [2.45, 2.75) is 19.5 Å². The summed E-state index contributed by atoms with van der Waals surface area (Å²) in [6.45, 7) is 3.33. The Bertz CT molecular complexity index is 899. The van der Waals surface area contributed by atoms with E-state index in [0.29, 0.717) is 6.54 Å². The van der Waals surface area contributed by atoms with Crippen molar-refractivity contribution in [3.63, 3.8) is 0 Å². The van der Waals surface area contributed by atoms with Crippen LogP contribution in [0.5, 0.6) is 5.75 Å². The first-order valence-corrected chi connectivity index (χ1v) is 9.65. The third-order valence-electron chi connectivity index (χ3n) is 4.54.